The van der Waals surface area contributed by atoms with E-state index in [1.807, 2.05) is 17.8 Å². The number of ether oxygens (including phenoxy) is 1. The highest BCUT2D eigenvalue weighted by molar-refractivity contribution is 7.99. The third-order valence-electron chi connectivity index (χ3n) is 3.45. The summed E-state index contributed by atoms with van der Waals surface area (Å²) in [7, 11) is 0. The van der Waals surface area contributed by atoms with Crippen molar-refractivity contribution < 1.29 is 14.9 Å². The van der Waals surface area contributed by atoms with E-state index in [9.17, 15) is 10.2 Å². The van der Waals surface area contributed by atoms with Gasteiger partial charge in [-0.05, 0) is 42.4 Å². The van der Waals surface area contributed by atoms with Crippen molar-refractivity contribution in [2.24, 2.45) is 11.8 Å². The average molecular weight is 268 g/mol. The number of aliphatic hydroxyl groups excluding tert-OH is 1. The number of thioether (sulfide) groups is 1. The third kappa shape index (κ3) is 3.82. The van der Waals surface area contributed by atoms with Crippen molar-refractivity contribution in [3.63, 3.8) is 0 Å². The second kappa shape index (κ2) is 6.90. The Bertz CT molecular complexity index is 364. The first-order valence-electron chi connectivity index (χ1n) is 6.40. The molecule has 0 amide bonds. The minimum atomic E-state index is 0.175. The summed E-state index contributed by atoms with van der Waals surface area (Å²) in [5, 5.41) is 18.8. The monoisotopic (exact) mass is 268 g/mol. The summed E-state index contributed by atoms with van der Waals surface area (Å²) in [4.78, 5) is 0. The van der Waals surface area contributed by atoms with E-state index in [4.69, 9.17) is 4.74 Å². The van der Waals surface area contributed by atoms with Gasteiger partial charge in [0.2, 0.25) is 0 Å². The lowest BCUT2D eigenvalue weighted by Gasteiger charge is -2.28. The maximum Gasteiger partial charge on any atom is 0.122 e. The molecule has 0 radical (unpaired) electrons. The highest BCUT2D eigenvalue weighted by Gasteiger charge is 2.23. The number of phenols is 1. The van der Waals surface area contributed by atoms with Crippen LogP contribution in [0, 0.1) is 11.8 Å². The second-order valence-corrected chi connectivity index (χ2v) is 5.93. The van der Waals surface area contributed by atoms with Crippen LogP contribution in [0.5, 0.6) is 11.5 Å². The minimum absolute atomic E-state index is 0.175. The summed E-state index contributed by atoms with van der Waals surface area (Å²) >= 11 is 1.99. The summed E-state index contributed by atoms with van der Waals surface area (Å²) < 4.78 is 5.67. The van der Waals surface area contributed by atoms with Crippen LogP contribution < -0.4 is 4.74 Å². The predicted molar refractivity (Wildman–Crippen MR) is 74.2 cm³/mol. The Labute approximate surface area is 112 Å². The maximum absolute atomic E-state index is 9.47. The lowest BCUT2D eigenvalue weighted by molar-refractivity contribution is 0.113. The molecule has 4 heteroatoms. The van der Waals surface area contributed by atoms with Gasteiger partial charge < -0.3 is 14.9 Å². The van der Waals surface area contributed by atoms with Gasteiger partial charge in [-0.15, -0.1) is 0 Å². The van der Waals surface area contributed by atoms with E-state index in [2.05, 4.69) is 0 Å². The number of hydrogen-bond donors (Lipinski definition) is 2. The standard InChI is InChI=1S/C14H20O3S/c15-9-12(11-4-6-18-7-5-11)10-17-14-3-1-2-13(16)8-14/h1-3,8,11-12,15-16H,4-7,9-10H2. The van der Waals surface area contributed by atoms with E-state index in [0.29, 0.717) is 18.3 Å². The highest BCUT2D eigenvalue weighted by Crippen LogP contribution is 2.29. The van der Waals surface area contributed by atoms with E-state index < -0.39 is 0 Å². The van der Waals surface area contributed by atoms with Crippen molar-refractivity contribution in [3.05, 3.63) is 24.3 Å². The van der Waals surface area contributed by atoms with Crippen LogP contribution in [-0.4, -0.2) is 34.9 Å². The van der Waals surface area contributed by atoms with Gasteiger partial charge >= 0.3 is 0 Å². The third-order valence-corrected chi connectivity index (χ3v) is 4.50. The highest BCUT2D eigenvalue weighted by atomic mass is 32.2. The van der Waals surface area contributed by atoms with Crippen LogP contribution in [0.25, 0.3) is 0 Å². The number of hydrogen-bond acceptors (Lipinski definition) is 4. The Morgan fingerprint density at radius 3 is 2.78 bits per heavy atom. The molecular formula is C14H20O3S. The van der Waals surface area contributed by atoms with E-state index in [0.717, 1.165) is 0 Å². The van der Waals surface area contributed by atoms with Crippen LogP contribution in [0.3, 0.4) is 0 Å². The van der Waals surface area contributed by atoms with E-state index in [1.54, 1.807) is 18.2 Å². The fourth-order valence-electron chi connectivity index (χ4n) is 2.30. The number of rotatable bonds is 5. The molecule has 1 unspecified atom stereocenters. The summed E-state index contributed by atoms with van der Waals surface area (Å²) in [6.07, 6.45) is 2.33. The zero-order chi connectivity index (χ0) is 12.8. The van der Waals surface area contributed by atoms with Crippen molar-refractivity contribution in [2.75, 3.05) is 24.7 Å². The van der Waals surface area contributed by atoms with E-state index in [-0.39, 0.29) is 18.3 Å². The molecule has 1 aromatic carbocycles. The van der Waals surface area contributed by atoms with Crippen LogP contribution in [-0.2, 0) is 0 Å². The normalized spacial score (nSPS) is 18.5. The molecule has 0 spiro atoms. The Hall–Kier alpha value is -0.870. The van der Waals surface area contributed by atoms with Gasteiger partial charge in [0.25, 0.3) is 0 Å². The Morgan fingerprint density at radius 2 is 2.11 bits per heavy atom. The van der Waals surface area contributed by atoms with Crippen LogP contribution >= 0.6 is 11.8 Å². The molecule has 1 saturated heterocycles. The molecule has 0 saturated carbocycles. The summed E-state index contributed by atoms with van der Waals surface area (Å²) in [5.41, 5.74) is 0. The number of phenolic OH excluding ortho intramolecular Hbond substituents is 1. The topological polar surface area (TPSA) is 49.7 Å². The zero-order valence-electron chi connectivity index (χ0n) is 10.4. The maximum atomic E-state index is 9.47. The van der Waals surface area contributed by atoms with E-state index >= 15 is 0 Å². The summed E-state index contributed by atoms with van der Waals surface area (Å²) in [6.45, 7) is 0.698. The first-order valence-corrected chi connectivity index (χ1v) is 7.55. The molecule has 1 heterocycles. The van der Waals surface area contributed by atoms with Crippen molar-refractivity contribution >= 4 is 11.8 Å². The van der Waals surface area contributed by atoms with Gasteiger partial charge in [0.05, 0.1) is 6.61 Å². The summed E-state index contributed by atoms with van der Waals surface area (Å²) in [5.74, 6) is 4.02. The van der Waals surface area contributed by atoms with Crippen molar-refractivity contribution in [3.8, 4) is 11.5 Å². The molecule has 1 aliphatic heterocycles. The number of aliphatic hydroxyl groups is 1. The average Bonchev–Trinajstić information content (AvgIpc) is 2.41. The fraction of sp³-hybridized carbons (Fsp3) is 0.571. The Kier molecular flexibility index (Phi) is 5.20. The molecule has 18 heavy (non-hydrogen) atoms. The van der Waals surface area contributed by atoms with Crippen molar-refractivity contribution in [1.29, 1.82) is 0 Å². The first kappa shape index (κ1) is 13.6. The van der Waals surface area contributed by atoms with Crippen LogP contribution in [0.2, 0.25) is 0 Å². The van der Waals surface area contributed by atoms with Gasteiger partial charge in [0, 0.05) is 18.6 Å². The Morgan fingerprint density at radius 1 is 1.33 bits per heavy atom. The molecule has 100 valence electrons. The molecule has 1 atom stereocenters. The lowest BCUT2D eigenvalue weighted by Crippen LogP contribution is -2.28. The SMILES string of the molecule is OCC(COc1cccc(O)c1)C1CCSCC1. The minimum Gasteiger partial charge on any atom is -0.508 e. The smallest absolute Gasteiger partial charge is 0.122 e. The van der Waals surface area contributed by atoms with Gasteiger partial charge in [-0.1, -0.05) is 6.07 Å². The molecule has 0 aromatic heterocycles. The molecule has 2 N–H and O–H groups in total. The lowest BCUT2D eigenvalue weighted by atomic mass is 9.88. The largest absolute Gasteiger partial charge is 0.508 e. The molecule has 0 bridgehead atoms. The molecular weight excluding hydrogens is 248 g/mol. The van der Waals surface area contributed by atoms with Crippen molar-refractivity contribution in [1.82, 2.24) is 0 Å². The predicted octanol–water partition coefficient (Wildman–Crippen LogP) is 2.52. The van der Waals surface area contributed by atoms with Gasteiger partial charge in [0.1, 0.15) is 11.5 Å². The van der Waals surface area contributed by atoms with Crippen LogP contribution in [0.4, 0.5) is 0 Å². The van der Waals surface area contributed by atoms with Crippen molar-refractivity contribution in [2.45, 2.75) is 12.8 Å². The zero-order valence-corrected chi connectivity index (χ0v) is 11.2. The van der Waals surface area contributed by atoms with Crippen LogP contribution in [0.15, 0.2) is 24.3 Å². The van der Waals surface area contributed by atoms with Gasteiger partial charge in [-0.2, -0.15) is 11.8 Å². The molecule has 3 nitrogen and oxygen atoms in total. The van der Waals surface area contributed by atoms with Crippen LogP contribution in [0.1, 0.15) is 12.8 Å². The molecule has 2 rings (SSSR count). The fourth-order valence-corrected chi connectivity index (χ4v) is 3.44. The number of aromatic hydroxyl groups is 1. The molecule has 0 aliphatic carbocycles. The van der Waals surface area contributed by atoms with Gasteiger partial charge in [-0.3, -0.25) is 0 Å². The second-order valence-electron chi connectivity index (χ2n) is 4.70. The summed E-state index contributed by atoms with van der Waals surface area (Å²) in [6, 6.07) is 6.81. The molecule has 1 aromatic rings. The van der Waals surface area contributed by atoms with Gasteiger partial charge in [-0.25, -0.2) is 0 Å². The Balaban J connectivity index is 1.86. The number of benzene rings is 1. The first-order chi connectivity index (χ1) is 8.79. The molecule has 1 fully saturated rings. The van der Waals surface area contributed by atoms with E-state index in [1.165, 1.54) is 24.3 Å². The van der Waals surface area contributed by atoms with Gasteiger partial charge in [0.15, 0.2) is 0 Å². The quantitative estimate of drug-likeness (QED) is 0.861. The molecule has 1 aliphatic rings.